The summed E-state index contributed by atoms with van der Waals surface area (Å²) in [4.78, 5) is 6.90. The molecule has 2 aromatic heterocycles. The molecule has 0 amide bonds. The van der Waals surface area contributed by atoms with Crippen LogP contribution in [-0.2, 0) is 6.54 Å². The number of aryl methyl sites for hydroxylation is 1. The summed E-state index contributed by atoms with van der Waals surface area (Å²) in [5, 5.41) is 5.00. The third-order valence-electron chi connectivity index (χ3n) is 6.21. The number of thiocarbonyl (C=S) groups is 1. The number of rotatable bonds is 6. The maximum Gasteiger partial charge on any atom is 0.170 e. The van der Waals surface area contributed by atoms with Gasteiger partial charge in [0.25, 0.3) is 0 Å². The number of nitrogens with zero attached hydrogens (tertiary/aromatic N) is 3. The second-order valence-corrected chi connectivity index (χ2v) is 9.13. The molecule has 0 bridgehead atoms. The molecular formula is C27H25ClN4OS. The number of methoxy groups -OCH3 is 1. The molecule has 2 atom stereocenters. The molecule has 7 heteroatoms. The summed E-state index contributed by atoms with van der Waals surface area (Å²) >= 11 is 12.2. The van der Waals surface area contributed by atoms with Gasteiger partial charge in [0.1, 0.15) is 5.75 Å². The van der Waals surface area contributed by atoms with Gasteiger partial charge in [-0.05, 0) is 84.9 Å². The van der Waals surface area contributed by atoms with Crippen LogP contribution in [0.25, 0.3) is 5.69 Å². The zero-order valence-electron chi connectivity index (χ0n) is 19.0. The SMILES string of the molecule is COc1ccc(CN2C(=S)N[C@H](c3ccccn3)[C@@H]2c2cccn2-c2ccc(Cl)c(C)c2)cc1. The van der Waals surface area contributed by atoms with Gasteiger partial charge < -0.3 is 19.5 Å². The van der Waals surface area contributed by atoms with Gasteiger partial charge in [0, 0.05) is 35.3 Å². The number of nitrogens with one attached hydrogen (secondary N) is 1. The van der Waals surface area contributed by atoms with Crippen LogP contribution >= 0.6 is 23.8 Å². The minimum atomic E-state index is -0.0889. The fraction of sp³-hybridized carbons (Fsp3) is 0.185. The van der Waals surface area contributed by atoms with Crippen molar-refractivity contribution in [3.8, 4) is 11.4 Å². The number of ether oxygens (including phenoxy) is 1. The second kappa shape index (κ2) is 9.49. The predicted molar refractivity (Wildman–Crippen MR) is 140 cm³/mol. The molecule has 172 valence electrons. The van der Waals surface area contributed by atoms with E-state index < -0.39 is 0 Å². The first-order valence-corrected chi connectivity index (χ1v) is 11.9. The Hall–Kier alpha value is -3.35. The molecule has 4 aromatic rings. The Kier molecular flexibility index (Phi) is 6.26. The molecule has 1 aliphatic rings. The smallest absolute Gasteiger partial charge is 0.170 e. The van der Waals surface area contributed by atoms with Gasteiger partial charge in [-0.25, -0.2) is 0 Å². The molecule has 5 nitrogen and oxygen atoms in total. The van der Waals surface area contributed by atoms with E-state index in [2.05, 4.69) is 56.3 Å². The lowest BCUT2D eigenvalue weighted by molar-refractivity contribution is 0.302. The molecule has 34 heavy (non-hydrogen) atoms. The Labute approximate surface area is 210 Å². The van der Waals surface area contributed by atoms with E-state index in [0.717, 1.165) is 39.0 Å². The van der Waals surface area contributed by atoms with Crippen molar-refractivity contribution in [1.29, 1.82) is 0 Å². The van der Waals surface area contributed by atoms with Gasteiger partial charge in [0.05, 0.1) is 24.9 Å². The quantitative estimate of drug-likeness (QED) is 0.336. The molecule has 1 fully saturated rings. The van der Waals surface area contributed by atoms with Crippen LogP contribution in [0.2, 0.25) is 5.02 Å². The number of hydrogen-bond donors (Lipinski definition) is 1. The lowest BCUT2D eigenvalue weighted by atomic mass is 10.0. The van der Waals surface area contributed by atoms with Crippen LogP contribution in [0.15, 0.2) is 85.2 Å². The molecule has 0 aliphatic carbocycles. The molecule has 0 unspecified atom stereocenters. The van der Waals surface area contributed by atoms with Crippen molar-refractivity contribution < 1.29 is 4.74 Å². The van der Waals surface area contributed by atoms with Gasteiger partial charge in [0.15, 0.2) is 5.11 Å². The van der Waals surface area contributed by atoms with Crippen molar-refractivity contribution in [1.82, 2.24) is 19.8 Å². The number of pyridine rings is 1. The molecule has 0 spiro atoms. The Morgan fingerprint density at radius 1 is 1.06 bits per heavy atom. The number of halogens is 1. The lowest BCUT2D eigenvalue weighted by Crippen LogP contribution is -2.30. The topological polar surface area (TPSA) is 42.3 Å². The van der Waals surface area contributed by atoms with Crippen LogP contribution in [0.4, 0.5) is 0 Å². The van der Waals surface area contributed by atoms with Crippen LogP contribution in [0.1, 0.15) is 34.6 Å². The highest BCUT2D eigenvalue weighted by atomic mass is 35.5. The summed E-state index contributed by atoms with van der Waals surface area (Å²) < 4.78 is 7.53. The zero-order valence-corrected chi connectivity index (χ0v) is 20.6. The van der Waals surface area contributed by atoms with Gasteiger partial charge in [0.2, 0.25) is 0 Å². The van der Waals surface area contributed by atoms with Crippen molar-refractivity contribution in [2.24, 2.45) is 0 Å². The van der Waals surface area contributed by atoms with Crippen molar-refractivity contribution in [2.75, 3.05) is 7.11 Å². The lowest BCUT2D eigenvalue weighted by Gasteiger charge is -2.29. The molecule has 2 aromatic carbocycles. The second-order valence-electron chi connectivity index (χ2n) is 8.34. The predicted octanol–water partition coefficient (Wildman–Crippen LogP) is 6.02. The molecule has 1 aliphatic heterocycles. The van der Waals surface area contributed by atoms with Crippen LogP contribution in [-0.4, -0.2) is 26.7 Å². The average Bonchev–Trinajstić information content (AvgIpc) is 3.46. The van der Waals surface area contributed by atoms with Crippen molar-refractivity contribution in [3.05, 3.63) is 113 Å². The Morgan fingerprint density at radius 3 is 2.59 bits per heavy atom. The van der Waals surface area contributed by atoms with E-state index in [1.165, 1.54) is 0 Å². The molecule has 5 rings (SSSR count). The van der Waals surface area contributed by atoms with Gasteiger partial charge in [-0.1, -0.05) is 29.8 Å². The number of aromatic nitrogens is 2. The summed E-state index contributed by atoms with van der Waals surface area (Å²) in [6, 6.07) is 24.3. The number of benzene rings is 2. The molecular weight excluding hydrogens is 464 g/mol. The molecule has 1 saturated heterocycles. The van der Waals surface area contributed by atoms with Gasteiger partial charge in [-0.3, -0.25) is 4.98 Å². The van der Waals surface area contributed by atoms with E-state index in [0.29, 0.717) is 11.7 Å². The summed E-state index contributed by atoms with van der Waals surface area (Å²) in [7, 11) is 1.68. The first-order valence-electron chi connectivity index (χ1n) is 11.1. The fourth-order valence-corrected chi connectivity index (χ4v) is 4.90. The first-order chi connectivity index (χ1) is 16.5. The third kappa shape index (κ3) is 4.27. The molecule has 3 heterocycles. The first kappa shape index (κ1) is 22.4. The summed E-state index contributed by atoms with van der Waals surface area (Å²) in [5.41, 5.74) is 5.32. The normalized spacial score (nSPS) is 17.6. The molecule has 0 radical (unpaired) electrons. The Morgan fingerprint density at radius 2 is 1.88 bits per heavy atom. The fourth-order valence-electron chi connectivity index (χ4n) is 4.47. The van der Waals surface area contributed by atoms with Crippen molar-refractivity contribution in [3.63, 3.8) is 0 Å². The van der Waals surface area contributed by atoms with Gasteiger partial charge >= 0.3 is 0 Å². The highest BCUT2D eigenvalue weighted by Crippen LogP contribution is 2.40. The maximum atomic E-state index is 6.30. The van der Waals surface area contributed by atoms with Crippen molar-refractivity contribution in [2.45, 2.75) is 25.6 Å². The van der Waals surface area contributed by atoms with Crippen molar-refractivity contribution >= 4 is 28.9 Å². The zero-order chi connectivity index (χ0) is 23.7. The third-order valence-corrected chi connectivity index (χ3v) is 6.99. The van der Waals surface area contributed by atoms with E-state index in [1.807, 2.05) is 55.6 Å². The molecule has 1 N–H and O–H groups in total. The van der Waals surface area contributed by atoms with Gasteiger partial charge in [-0.2, -0.15) is 0 Å². The van der Waals surface area contributed by atoms with Gasteiger partial charge in [-0.15, -0.1) is 0 Å². The standard InChI is InChI=1S/C27H25ClN4OS/c1-18-16-20(10-13-22(18)28)31-15-5-7-24(31)26-25(23-6-3-4-14-29-23)30-27(34)32(26)17-19-8-11-21(33-2)12-9-19/h3-16,25-26H,17H2,1-2H3,(H,30,34)/t25-,26+/m1/s1. The maximum absolute atomic E-state index is 6.30. The van der Waals surface area contributed by atoms with E-state index >= 15 is 0 Å². The van der Waals surface area contributed by atoms with Crippen LogP contribution in [0.3, 0.4) is 0 Å². The van der Waals surface area contributed by atoms with Crippen LogP contribution in [0, 0.1) is 6.92 Å². The Bertz CT molecular complexity index is 1310. The average molecular weight is 489 g/mol. The van der Waals surface area contributed by atoms with Crippen LogP contribution < -0.4 is 10.1 Å². The highest BCUT2D eigenvalue weighted by Gasteiger charge is 2.41. The van der Waals surface area contributed by atoms with Crippen LogP contribution in [0.5, 0.6) is 5.75 Å². The van der Waals surface area contributed by atoms with E-state index in [4.69, 9.17) is 28.6 Å². The van der Waals surface area contributed by atoms with E-state index in [9.17, 15) is 0 Å². The Balaban J connectivity index is 1.58. The monoisotopic (exact) mass is 488 g/mol. The van der Waals surface area contributed by atoms with E-state index in [1.54, 1.807) is 7.11 Å². The molecule has 0 saturated carbocycles. The highest BCUT2D eigenvalue weighted by molar-refractivity contribution is 7.80. The largest absolute Gasteiger partial charge is 0.497 e. The summed E-state index contributed by atoms with van der Waals surface area (Å²) in [5.74, 6) is 0.834. The minimum absolute atomic E-state index is 0.0597. The minimum Gasteiger partial charge on any atom is -0.497 e. The summed E-state index contributed by atoms with van der Waals surface area (Å²) in [6.45, 7) is 2.68. The summed E-state index contributed by atoms with van der Waals surface area (Å²) in [6.07, 6.45) is 3.91. The van der Waals surface area contributed by atoms with E-state index in [-0.39, 0.29) is 12.1 Å². The number of hydrogen-bond acceptors (Lipinski definition) is 3.